The SMILES string of the molecule is CCOc1ccc(N/C(=N/c2ccc3nc(S)sc3c2)NC#N)cc1. The molecule has 8 heteroatoms. The van der Waals surface area contributed by atoms with Crippen molar-refractivity contribution in [2.75, 3.05) is 11.9 Å². The van der Waals surface area contributed by atoms with E-state index in [9.17, 15) is 0 Å². The normalized spacial score (nSPS) is 11.2. The Hall–Kier alpha value is -2.76. The largest absolute Gasteiger partial charge is 0.494 e. The lowest BCUT2D eigenvalue weighted by Gasteiger charge is -2.09. The van der Waals surface area contributed by atoms with E-state index in [1.807, 2.05) is 55.6 Å². The lowest BCUT2D eigenvalue weighted by molar-refractivity contribution is 0.340. The average molecular weight is 369 g/mol. The van der Waals surface area contributed by atoms with E-state index in [-0.39, 0.29) is 0 Å². The Morgan fingerprint density at radius 3 is 2.84 bits per heavy atom. The summed E-state index contributed by atoms with van der Waals surface area (Å²) in [6.45, 7) is 2.55. The number of thiazole rings is 1. The summed E-state index contributed by atoms with van der Waals surface area (Å²) in [5.41, 5.74) is 2.38. The molecule has 3 rings (SSSR count). The van der Waals surface area contributed by atoms with Gasteiger partial charge in [-0.05, 0) is 49.4 Å². The van der Waals surface area contributed by atoms with Crippen molar-refractivity contribution in [2.45, 2.75) is 11.3 Å². The minimum atomic E-state index is 0.335. The van der Waals surface area contributed by atoms with Crippen LogP contribution in [0.5, 0.6) is 5.75 Å². The summed E-state index contributed by atoms with van der Waals surface area (Å²) in [5, 5.41) is 14.6. The van der Waals surface area contributed by atoms with E-state index in [1.165, 1.54) is 11.3 Å². The van der Waals surface area contributed by atoms with Crippen LogP contribution in [0.3, 0.4) is 0 Å². The number of anilines is 1. The second-order valence-electron chi connectivity index (χ2n) is 4.93. The summed E-state index contributed by atoms with van der Waals surface area (Å²) >= 11 is 5.74. The van der Waals surface area contributed by atoms with E-state index in [2.05, 4.69) is 33.2 Å². The molecule has 25 heavy (non-hydrogen) atoms. The lowest BCUT2D eigenvalue weighted by Crippen LogP contribution is -2.26. The van der Waals surface area contributed by atoms with Gasteiger partial charge in [0.1, 0.15) is 10.1 Å². The summed E-state index contributed by atoms with van der Waals surface area (Å²) in [7, 11) is 0. The molecule has 0 aliphatic carbocycles. The zero-order chi connectivity index (χ0) is 17.6. The number of fused-ring (bicyclic) bond motifs is 1. The molecular formula is C17H15N5OS2. The van der Waals surface area contributed by atoms with Crippen LogP contribution in [-0.4, -0.2) is 17.6 Å². The number of guanidine groups is 1. The fourth-order valence-corrected chi connectivity index (χ4v) is 3.32. The van der Waals surface area contributed by atoms with Crippen molar-refractivity contribution >= 4 is 51.5 Å². The molecule has 0 amide bonds. The van der Waals surface area contributed by atoms with Crippen molar-refractivity contribution in [1.29, 1.82) is 5.26 Å². The number of hydrogen-bond donors (Lipinski definition) is 3. The van der Waals surface area contributed by atoms with Gasteiger partial charge in [0, 0.05) is 5.69 Å². The van der Waals surface area contributed by atoms with Crippen molar-refractivity contribution in [2.24, 2.45) is 4.99 Å². The predicted octanol–water partition coefficient (Wildman–Crippen LogP) is 4.15. The standard InChI is InChI=1S/C17H15N5OS2/c1-2-23-13-6-3-11(4-7-13)20-16(19-10-18)21-12-5-8-14-15(9-12)25-17(24)22-14/h3-9H,2H2,1H3,(H,22,24)(H2,19,20,21). The molecule has 0 radical (unpaired) electrons. The smallest absolute Gasteiger partial charge is 0.214 e. The number of hydrogen-bond acceptors (Lipinski definition) is 6. The number of thiol groups is 1. The minimum Gasteiger partial charge on any atom is -0.494 e. The van der Waals surface area contributed by atoms with Gasteiger partial charge in [0.2, 0.25) is 5.96 Å². The van der Waals surface area contributed by atoms with Crippen molar-refractivity contribution < 1.29 is 4.74 Å². The van der Waals surface area contributed by atoms with Gasteiger partial charge in [-0.15, -0.1) is 24.0 Å². The van der Waals surface area contributed by atoms with Crippen molar-refractivity contribution in [3.63, 3.8) is 0 Å². The van der Waals surface area contributed by atoms with Gasteiger partial charge in [0.25, 0.3) is 0 Å². The van der Waals surface area contributed by atoms with Crippen LogP contribution in [0.2, 0.25) is 0 Å². The Morgan fingerprint density at radius 1 is 1.32 bits per heavy atom. The van der Waals surface area contributed by atoms with Crippen LogP contribution in [0.4, 0.5) is 11.4 Å². The first-order chi connectivity index (χ1) is 12.2. The van der Waals surface area contributed by atoms with Crippen LogP contribution in [0.25, 0.3) is 10.2 Å². The van der Waals surface area contributed by atoms with Crippen molar-refractivity contribution in [3.8, 4) is 11.9 Å². The van der Waals surface area contributed by atoms with E-state index >= 15 is 0 Å². The van der Waals surface area contributed by atoms with Crippen LogP contribution < -0.4 is 15.4 Å². The highest BCUT2D eigenvalue weighted by molar-refractivity contribution is 7.82. The van der Waals surface area contributed by atoms with Gasteiger partial charge in [-0.1, -0.05) is 0 Å². The molecule has 0 fully saturated rings. The molecule has 2 aromatic carbocycles. The van der Waals surface area contributed by atoms with E-state index in [0.717, 1.165) is 21.7 Å². The Labute approximate surface area is 154 Å². The molecule has 0 saturated heterocycles. The fraction of sp³-hybridized carbons (Fsp3) is 0.118. The number of nitrogens with zero attached hydrogens (tertiary/aromatic N) is 3. The molecule has 0 atom stereocenters. The number of ether oxygens (including phenoxy) is 1. The zero-order valence-corrected chi connectivity index (χ0v) is 15.1. The highest BCUT2D eigenvalue weighted by Gasteiger charge is 2.04. The van der Waals surface area contributed by atoms with Crippen molar-refractivity contribution in [1.82, 2.24) is 10.3 Å². The number of nitrogens with one attached hydrogen (secondary N) is 2. The third-order valence-corrected chi connectivity index (χ3v) is 4.40. The van der Waals surface area contributed by atoms with E-state index < -0.39 is 0 Å². The Balaban J connectivity index is 1.83. The maximum absolute atomic E-state index is 8.96. The second-order valence-corrected chi connectivity index (χ2v) is 6.68. The third-order valence-electron chi connectivity index (χ3n) is 3.20. The maximum atomic E-state index is 8.96. The van der Waals surface area contributed by atoms with Crippen LogP contribution in [0.1, 0.15) is 6.92 Å². The average Bonchev–Trinajstić information content (AvgIpc) is 2.96. The molecule has 0 spiro atoms. The van der Waals surface area contributed by atoms with E-state index in [4.69, 9.17) is 10.00 Å². The fourth-order valence-electron chi connectivity index (χ4n) is 2.18. The van der Waals surface area contributed by atoms with Gasteiger partial charge in [0.05, 0.1) is 22.5 Å². The summed E-state index contributed by atoms with van der Waals surface area (Å²) in [4.78, 5) is 8.76. The van der Waals surface area contributed by atoms with Gasteiger partial charge >= 0.3 is 0 Å². The number of nitriles is 1. The zero-order valence-electron chi connectivity index (χ0n) is 13.4. The molecule has 0 aliphatic rings. The minimum absolute atomic E-state index is 0.335. The molecule has 0 saturated carbocycles. The molecule has 126 valence electrons. The predicted molar refractivity (Wildman–Crippen MR) is 104 cm³/mol. The first-order valence-corrected chi connectivity index (χ1v) is 8.77. The third kappa shape index (κ3) is 4.41. The Morgan fingerprint density at radius 2 is 2.12 bits per heavy atom. The summed E-state index contributed by atoms with van der Waals surface area (Å²) in [6.07, 6.45) is 1.89. The van der Waals surface area contributed by atoms with Gasteiger partial charge in [-0.25, -0.2) is 9.98 Å². The quantitative estimate of drug-likeness (QED) is 0.212. The van der Waals surface area contributed by atoms with Gasteiger partial charge in [-0.3, -0.25) is 5.32 Å². The first-order valence-electron chi connectivity index (χ1n) is 7.51. The second kappa shape index (κ2) is 7.88. The van der Waals surface area contributed by atoms with Crippen LogP contribution >= 0.6 is 24.0 Å². The Kier molecular flexibility index (Phi) is 5.38. The molecule has 0 aliphatic heterocycles. The van der Waals surface area contributed by atoms with Crippen LogP contribution in [0.15, 0.2) is 51.8 Å². The summed E-state index contributed by atoms with van der Waals surface area (Å²) < 4.78 is 7.11. The topological polar surface area (TPSA) is 82.3 Å². The lowest BCUT2D eigenvalue weighted by atomic mass is 10.3. The number of rotatable bonds is 4. The van der Waals surface area contributed by atoms with Gasteiger partial charge < -0.3 is 10.1 Å². The van der Waals surface area contributed by atoms with Gasteiger partial charge in [-0.2, -0.15) is 5.26 Å². The molecule has 1 heterocycles. The Bertz CT molecular complexity index is 944. The van der Waals surface area contributed by atoms with Crippen molar-refractivity contribution in [3.05, 3.63) is 42.5 Å². The molecule has 6 nitrogen and oxygen atoms in total. The number of aliphatic imine (C=N–C) groups is 1. The molecule has 2 N–H and O–H groups in total. The first kappa shape index (κ1) is 17.1. The number of aromatic nitrogens is 1. The highest BCUT2D eigenvalue weighted by atomic mass is 32.2. The van der Waals surface area contributed by atoms with Crippen LogP contribution in [0, 0.1) is 11.5 Å². The highest BCUT2D eigenvalue weighted by Crippen LogP contribution is 2.28. The monoisotopic (exact) mass is 369 g/mol. The molecule has 1 aromatic heterocycles. The van der Waals surface area contributed by atoms with E-state index in [1.54, 1.807) is 0 Å². The molecular weight excluding hydrogens is 354 g/mol. The molecule has 0 unspecified atom stereocenters. The summed E-state index contributed by atoms with van der Waals surface area (Å²) in [5.74, 6) is 1.12. The van der Waals surface area contributed by atoms with E-state index in [0.29, 0.717) is 22.6 Å². The van der Waals surface area contributed by atoms with Gasteiger partial charge in [0.15, 0.2) is 6.19 Å². The molecule has 3 aromatic rings. The maximum Gasteiger partial charge on any atom is 0.214 e. The van der Waals surface area contributed by atoms with Crippen LogP contribution in [-0.2, 0) is 0 Å². The molecule has 0 bridgehead atoms. The summed E-state index contributed by atoms with van der Waals surface area (Å²) in [6, 6.07) is 13.1. The number of benzene rings is 2.